The van der Waals surface area contributed by atoms with E-state index in [4.69, 9.17) is 17.3 Å². The molecule has 142 valence electrons. The molecule has 28 heavy (non-hydrogen) atoms. The number of benzene rings is 3. The standard InChI is InChI=1S/C22H19ClN2O3/c23-17-10-6-7-15(13-17)14-25(22(28)18-11-4-5-12-19(18)26)20(21(24)27)16-8-2-1-3-9-16/h1-13,20,26H,14H2,(H2,24,27)/t20-/m1/s1. The lowest BCUT2D eigenvalue weighted by atomic mass is 10.0. The number of halogens is 1. The fraction of sp³-hybridized carbons (Fsp3) is 0.0909. The molecule has 0 heterocycles. The second kappa shape index (κ2) is 8.59. The van der Waals surface area contributed by atoms with Crippen molar-refractivity contribution in [3.8, 4) is 5.75 Å². The molecule has 0 aromatic heterocycles. The molecule has 3 aromatic rings. The molecule has 2 amide bonds. The number of amides is 2. The normalized spacial score (nSPS) is 11.6. The molecule has 3 aromatic carbocycles. The number of hydrogen-bond donors (Lipinski definition) is 2. The zero-order valence-corrected chi connectivity index (χ0v) is 15.7. The second-order valence-electron chi connectivity index (χ2n) is 6.30. The highest BCUT2D eigenvalue weighted by Gasteiger charge is 2.31. The van der Waals surface area contributed by atoms with Gasteiger partial charge in [-0.05, 0) is 35.4 Å². The van der Waals surface area contributed by atoms with Crippen LogP contribution < -0.4 is 5.73 Å². The van der Waals surface area contributed by atoms with Crippen LogP contribution in [-0.4, -0.2) is 21.8 Å². The van der Waals surface area contributed by atoms with E-state index in [0.29, 0.717) is 10.6 Å². The van der Waals surface area contributed by atoms with E-state index < -0.39 is 17.9 Å². The van der Waals surface area contributed by atoms with Gasteiger partial charge in [0, 0.05) is 11.6 Å². The average molecular weight is 395 g/mol. The maximum absolute atomic E-state index is 13.3. The SMILES string of the molecule is NC(=O)[C@@H](c1ccccc1)N(Cc1cccc(Cl)c1)C(=O)c1ccccc1O. The summed E-state index contributed by atoms with van der Waals surface area (Å²) in [5.41, 5.74) is 7.09. The lowest BCUT2D eigenvalue weighted by molar-refractivity contribution is -0.122. The van der Waals surface area contributed by atoms with Gasteiger partial charge in [0.25, 0.3) is 5.91 Å². The molecule has 0 aliphatic carbocycles. The van der Waals surface area contributed by atoms with Crippen LogP contribution in [0.4, 0.5) is 0 Å². The average Bonchev–Trinajstić information content (AvgIpc) is 2.68. The van der Waals surface area contributed by atoms with Crippen LogP contribution in [0.2, 0.25) is 5.02 Å². The van der Waals surface area contributed by atoms with Gasteiger partial charge in [-0.1, -0.05) is 66.2 Å². The lowest BCUT2D eigenvalue weighted by Crippen LogP contribution is -2.41. The molecule has 1 atom stereocenters. The molecule has 0 saturated heterocycles. The Balaban J connectivity index is 2.08. The van der Waals surface area contributed by atoms with Gasteiger partial charge in [-0.15, -0.1) is 0 Å². The Morgan fingerprint density at radius 1 is 0.964 bits per heavy atom. The number of phenols is 1. The third kappa shape index (κ3) is 4.32. The molecule has 5 nitrogen and oxygen atoms in total. The van der Waals surface area contributed by atoms with Gasteiger partial charge in [0.1, 0.15) is 11.8 Å². The number of primary amides is 1. The van der Waals surface area contributed by atoms with Crippen molar-refractivity contribution in [2.24, 2.45) is 5.73 Å². The van der Waals surface area contributed by atoms with Crippen LogP contribution in [0.3, 0.4) is 0 Å². The molecule has 0 aliphatic rings. The van der Waals surface area contributed by atoms with Crippen molar-refractivity contribution in [3.63, 3.8) is 0 Å². The summed E-state index contributed by atoms with van der Waals surface area (Å²) in [4.78, 5) is 27.0. The molecule has 0 bridgehead atoms. The molecule has 0 unspecified atom stereocenters. The van der Waals surface area contributed by atoms with Crippen LogP contribution in [0.1, 0.15) is 27.5 Å². The number of aromatic hydroxyl groups is 1. The number of rotatable bonds is 6. The first-order chi connectivity index (χ1) is 13.5. The van der Waals surface area contributed by atoms with Crippen LogP contribution >= 0.6 is 11.6 Å². The highest BCUT2D eigenvalue weighted by atomic mass is 35.5. The summed E-state index contributed by atoms with van der Waals surface area (Å²) < 4.78 is 0. The summed E-state index contributed by atoms with van der Waals surface area (Å²) in [6.45, 7) is 0.0935. The molecular weight excluding hydrogens is 376 g/mol. The van der Waals surface area contributed by atoms with Gasteiger partial charge in [-0.2, -0.15) is 0 Å². The number of carbonyl (C=O) groups is 2. The smallest absolute Gasteiger partial charge is 0.258 e. The highest BCUT2D eigenvalue weighted by Crippen LogP contribution is 2.28. The van der Waals surface area contributed by atoms with E-state index in [1.54, 1.807) is 60.7 Å². The van der Waals surface area contributed by atoms with E-state index in [1.165, 1.54) is 17.0 Å². The van der Waals surface area contributed by atoms with Gasteiger partial charge in [-0.25, -0.2) is 0 Å². The van der Waals surface area contributed by atoms with Crippen LogP contribution in [0.25, 0.3) is 0 Å². The van der Waals surface area contributed by atoms with E-state index >= 15 is 0 Å². The Bertz CT molecular complexity index is 992. The minimum absolute atomic E-state index is 0.0895. The number of carbonyl (C=O) groups excluding carboxylic acids is 2. The van der Waals surface area contributed by atoms with Crippen molar-refractivity contribution >= 4 is 23.4 Å². The molecular formula is C22H19ClN2O3. The van der Waals surface area contributed by atoms with Gasteiger partial charge >= 0.3 is 0 Å². The topological polar surface area (TPSA) is 83.6 Å². The summed E-state index contributed by atoms with van der Waals surface area (Å²) in [5.74, 6) is -1.34. The molecule has 0 radical (unpaired) electrons. The fourth-order valence-electron chi connectivity index (χ4n) is 3.05. The molecule has 3 rings (SSSR count). The first kappa shape index (κ1) is 19.5. The molecule has 6 heteroatoms. The number of para-hydroxylation sites is 1. The summed E-state index contributed by atoms with van der Waals surface area (Å²) >= 11 is 6.07. The maximum Gasteiger partial charge on any atom is 0.258 e. The first-order valence-electron chi connectivity index (χ1n) is 8.65. The molecule has 0 spiro atoms. The van der Waals surface area contributed by atoms with Gasteiger partial charge in [0.2, 0.25) is 5.91 Å². The monoisotopic (exact) mass is 394 g/mol. The highest BCUT2D eigenvalue weighted by molar-refractivity contribution is 6.30. The van der Waals surface area contributed by atoms with Crippen LogP contribution in [0, 0.1) is 0 Å². The van der Waals surface area contributed by atoms with Crippen LogP contribution in [0.5, 0.6) is 5.75 Å². The van der Waals surface area contributed by atoms with Gasteiger partial charge in [0.15, 0.2) is 0 Å². The Kier molecular flexibility index (Phi) is 5.96. The zero-order chi connectivity index (χ0) is 20.1. The van der Waals surface area contributed by atoms with Crippen molar-refractivity contribution in [2.45, 2.75) is 12.6 Å². The quantitative estimate of drug-likeness (QED) is 0.664. The van der Waals surface area contributed by atoms with E-state index in [9.17, 15) is 14.7 Å². The molecule has 0 aliphatic heterocycles. The third-order valence-corrected chi connectivity index (χ3v) is 4.57. The number of phenolic OH excluding ortho intramolecular Hbond substituents is 1. The Labute approximate surface area is 168 Å². The third-order valence-electron chi connectivity index (χ3n) is 4.33. The van der Waals surface area contributed by atoms with Crippen molar-refractivity contribution in [1.29, 1.82) is 0 Å². The van der Waals surface area contributed by atoms with E-state index in [0.717, 1.165) is 5.56 Å². The van der Waals surface area contributed by atoms with Crippen molar-refractivity contribution < 1.29 is 14.7 Å². The van der Waals surface area contributed by atoms with Crippen LogP contribution in [0.15, 0.2) is 78.9 Å². The Morgan fingerprint density at radius 3 is 2.29 bits per heavy atom. The van der Waals surface area contributed by atoms with E-state index in [2.05, 4.69) is 0 Å². The minimum Gasteiger partial charge on any atom is -0.507 e. The summed E-state index contributed by atoms with van der Waals surface area (Å²) in [7, 11) is 0. The maximum atomic E-state index is 13.3. The van der Waals surface area contributed by atoms with Gasteiger partial charge < -0.3 is 15.7 Å². The molecule has 0 saturated carbocycles. The zero-order valence-electron chi connectivity index (χ0n) is 15.0. The largest absolute Gasteiger partial charge is 0.507 e. The number of hydrogen-bond acceptors (Lipinski definition) is 3. The Morgan fingerprint density at radius 2 is 1.64 bits per heavy atom. The van der Waals surface area contributed by atoms with E-state index in [1.807, 2.05) is 6.07 Å². The fourth-order valence-corrected chi connectivity index (χ4v) is 3.27. The van der Waals surface area contributed by atoms with Crippen molar-refractivity contribution in [2.75, 3.05) is 0 Å². The first-order valence-corrected chi connectivity index (χ1v) is 9.03. The number of nitrogens with zero attached hydrogens (tertiary/aromatic N) is 1. The van der Waals surface area contributed by atoms with Crippen LogP contribution in [-0.2, 0) is 11.3 Å². The predicted molar refractivity (Wildman–Crippen MR) is 108 cm³/mol. The number of nitrogens with two attached hydrogens (primary N) is 1. The molecule has 0 fully saturated rings. The van der Waals surface area contributed by atoms with Crippen molar-refractivity contribution in [3.05, 3.63) is 101 Å². The van der Waals surface area contributed by atoms with E-state index in [-0.39, 0.29) is 17.9 Å². The summed E-state index contributed by atoms with van der Waals surface area (Å²) in [6, 6.07) is 21.0. The Hall–Kier alpha value is -3.31. The lowest BCUT2D eigenvalue weighted by Gasteiger charge is -2.30. The summed E-state index contributed by atoms with van der Waals surface area (Å²) in [6.07, 6.45) is 0. The minimum atomic E-state index is -1.01. The predicted octanol–water partition coefficient (Wildman–Crippen LogP) is 3.91. The van der Waals surface area contributed by atoms with Crippen molar-refractivity contribution in [1.82, 2.24) is 4.90 Å². The van der Waals surface area contributed by atoms with Gasteiger partial charge in [-0.3, -0.25) is 9.59 Å². The van der Waals surface area contributed by atoms with Gasteiger partial charge in [0.05, 0.1) is 5.56 Å². The summed E-state index contributed by atoms with van der Waals surface area (Å²) in [5, 5.41) is 10.7. The second-order valence-corrected chi connectivity index (χ2v) is 6.73. The molecule has 3 N–H and O–H groups in total.